The summed E-state index contributed by atoms with van der Waals surface area (Å²) in [5.41, 5.74) is 1.44. The Morgan fingerprint density at radius 1 is 1.02 bits per heavy atom. The highest BCUT2D eigenvalue weighted by atomic mass is 32.2. The van der Waals surface area contributed by atoms with Crippen molar-refractivity contribution >= 4 is 54.8 Å². The molecule has 1 amide bonds. The molecule has 2 N–H and O–H groups in total. The van der Waals surface area contributed by atoms with Crippen LogP contribution in [0.4, 0.5) is 17.6 Å². The van der Waals surface area contributed by atoms with Crippen molar-refractivity contribution < 1.29 is 30.8 Å². The second-order valence-corrected chi connectivity index (χ2v) is 12.8. The molecule has 1 aliphatic heterocycles. The summed E-state index contributed by atoms with van der Waals surface area (Å²) in [5.74, 6) is -0.865. The second kappa shape index (κ2) is 10.5. The molecule has 1 aliphatic rings. The minimum Gasteiger partial charge on any atom is -0.445 e. The predicted octanol–water partition coefficient (Wildman–Crippen LogP) is 1.01. The van der Waals surface area contributed by atoms with Gasteiger partial charge in [-0.05, 0) is 0 Å². The van der Waals surface area contributed by atoms with E-state index < -0.39 is 26.1 Å². The highest BCUT2D eigenvalue weighted by molar-refractivity contribution is 7.89. The van der Waals surface area contributed by atoms with Crippen molar-refractivity contribution in [2.24, 2.45) is 0 Å². The molecule has 212 valence electrons. The van der Waals surface area contributed by atoms with Gasteiger partial charge in [0.2, 0.25) is 16.0 Å². The number of ether oxygens (including phenoxy) is 1. The molecule has 0 spiro atoms. The van der Waals surface area contributed by atoms with Gasteiger partial charge in [0, 0.05) is 44.9 Å². The molecular formula is C23H26N8O7S2. The van der Waals surface area contributed by atoms with Crippen LogP contribution in [0.2, 0.25) is 0 Å². The maximum Gasteiger partial charge on any atom is 0.324 e. The fourth-order valence-corrected chi connectivity index (χ4v) is 5.22. The molecule has 1 fully saturated rings. The fraction of sp³-hybridized carbons (Fsp3) is 0.304. The first-order valence-corrected chi connectivity index (χ1v) is 15.2. The van der Waals surface area contributed by atoms with Gasteiger partial charge < -0.3 is 19.4 Å². The number of benzene rings is 1. The summed E-state index contributed by atoms with van der Waals surface area (Å²) in [4.78, 5) is 23.3. The summed E-state index contributed by atoms with van der Waals surface area (Å²) in [5, 5.41) is 7.27. The van der Waals surface area contributed by atoms with Crippen molar-refractivity contribution in [1.29, 1.82) is 0 Å². The largest absolute Gasteiger partial charge is 0.445 e. The number of carbonyl (C=O) groups is 1. The van der Waals surface area contributed by atoms with Gasteiger partial charge in [-0.25, -0.2) is 18.1 Å². The first kappa shape index (κ1) is 27.5. The van der Waals surface area contributed by atoms with Crippen LogP contribution in [0.15, 0.2) is 46.9 Å². The fourth-order valence-electron chi connectivity index (χ4n) is 3.94. The molecule has 1 saturated heterocycles. The zero-order valence-electron chi connectivity index (χ0n) is 21.7. The van der Waals surface area contributed by atoms with Crippen LogP contribution in [0.3, 0.4) is 0 Å². The Morgan fingerprint density at radius 2 is 1.73 bits per heavy atom. The Hall–Kier alpha value is -4.06. The van der Waals surface area contributed by atoms with Gasteiger partial charge in [0.15, 0.2) is 17.2 Å². The zero-order valence-corrected chi connectivity index (χ0v) is 23.4. The second-order valence-electron chi connectivity index (χ2n) is 9.04. The molecule has 1 aromatic carbocycles. The number of morpholine rings is 1. The van der Waals surface area contributed by atoms with E-state index in [1.54, 1.807) is 18.2 Å². The summed E-state index contributed by atoms with van der Waals surface area (Å²) in [7, 11) is -5.12. The molecule has 17 heteroatoms. The number of rotatable bonds is 8. The third kappa shape index (κ3) is 5.62. The summed E-state index contributed by atoms with van der Waals surface area (Å²) < 4.78 is 64.3. The molecule has 0 aliphatic carbocycles. The molecule has 0 atom stereocenters. The van der Waals surface area contributed by atoms with Crippen LogP contribution < -0.4 is 14.9 Å². The third-order valence-electron chi connectivity index (χ3n) is 5.83. The van der Waals surface area contributed by atoms with E-state index in [4.69, 9.17) is 9.15 Å². The van der Waals surface area contributed by atoms with E-state index in [0.29, 0.717) is 43.4 Å². The molecular weight excluding hydrogens is 564 g/mol. The van der Waals surface area contributed by atoms with Crippen LogP contribution >= 0.6 is 0 Å². The maximum atomic E-state index is 13.1. The predicted molar refractivity (Wildman–Crippen MR) is 146 cm³/mol. The number of hydrogen-bond acceptors (Lipinski definition) is 12. The minimum absolute atomic E-state index is 0.000388. The molecule has 5 rings (SSSR count). The number of aromatic nitrogens is 4. The van der Waals surface area contributed by atoms with Gasteiger partial charge in [0.1, 0.15) is 11.3 Å². The Kier molecular flexibility index (Phi) is 7.21. The molecule has 4 heterocycles. The van der Waals surface area contributed by atoms with Crippen LogP contribution in [0.5, 0.6) is 0 Å². The van der Waals surface area contributed by atoms with E-state index in [9.17, 15) is 21.6 Å². The lowest BCUT2D eigenvalue weighted by Gasteiger charge is -2.27. The number of hydrogen-bond donors (Lipinski definition) is 2. The SMILES string of the molecule is CN(C)S(=O)(=O)n1nc(-c2ccccc2)cc1Nc1nc(N2CCOCC2)c2oc(C(=O)NS(C)(=O)=O)cc2n1. The van der Waals surface area contributed by atoms with Crippen LogP contribution in [0.1, 0.15) is 10.6 Å². The van der Waals surface area contributed by atoms with Gasteiger partial charge in [-0.15, -0.1) is 4.09 Å². The smallest absolute Gasteiger partial charge is 0.324 e. The number of nitrogens with zero attached hydrogens (tertiary/aromatic N) is 6. The first-order chi connectivity index (χ1) is 18.9. The molecule has 0 saturated carbocycles. The first-order valence-electron chi connectivity index (χ1n) is 11.9. The summed E-state index contributed by atoms with van der Waals surface area (Å²) in [6, 6.07) is 11.9. The van der Waals surface area contributed by atoms with Gasteiger partial charge in [0.05, 0.1) is 25.2 Å². The number of furan rings is 1. The summed E-state index contributed by atoms with van der Waals surface area (Å²) in [6.45, 7) is 1.76. The zero-order chi connectivity index (χ0) is 28.7. The van der Waals surface area contributed by atoms with Crippen LogP contribution in [-0.2, 0) is 25.0 Å². The summed E-state index contributed by atoms with van der Waals surface area (Å²) >= 11 is 0. The van der Waals surface area contributed by atoms with Crippen molar-refractivity contribution in [3.05, 3.63) is 48.2 Å². The molecule has 0 unspecified atom stereocenters. The van der Waals surface area contributed by atoms with E-state index in [0.717, 1.165) is 14.6 Å². The van der Waals surface area contributed by atoms with Gasteiger partial charge in [0.25, 0.3) is 0 Å². The average Bonchev–Trinajstić information content (AvgIpc) is 3.53. The standard InChI is InChI=1S/C23H26N8O7S2/c1-29(2)40(35,36)31-19(14-16(27-31)15-7-5-4-6-8-15)25-23-24-17-13-18(22(32)28-39(3,33)34)38-20(17)21(26-23)30-9-11-37-12-10-30/h4-8,13-14H,9-12H2,1-3H3,(H,28,32)(H,24,25,26). The van der Waals surface area contributed by atoms with E-state index in [1.165, 1.54) is 20.2 Å². The van der Waals surface area contributed by atoms with Crippen LogP contribution in [-0.4, -0.2) is 92.9 Å². The molecule has 0 radical (unpaired) electrons. The third-order valence-corrected chi connectivity index (χ3v) is 8.03. The average molecular weight is 591 g/mol. The lowest BCUT2D eigenvalue weighted by Crippen LogP contribution is -2.37. The molecule has 40 heavy (non-hydrogen) atoms. The molecule has 4 aromatic rings. The van der Waals surface area contributed by atoms with E-state index in [2.05, 4.69) is 20.4 Å². The normalized spacial score (nSPS) is 14.6. The lowest BCUT2D eigenvalue weighted by molar-refractivity contribution is 0.0956. The molecule has 0 bridgehead atoms. The van der Waals surface area contributed by atoms with Crippen molar-refractivity contribution in [2.75, 3.05) is 56.9 Å². The highest BCUT2D eigenvalue weighted by Crippen LogP contribution is 2.31. The highest BCUT2D eigenvalue weighted by Gasteiger charge is 2.27. The Morgan fingerprint density at radius 3 is 2.38 bits per heavy atom. The Labute approximate surface area is 230 Å². The number of fused-ring (bicyclic) bond motifs is 1. The minimum atomic E-state index is -4.05. The van der Waals surface area contributed by atoms with Crippen LogP contribution in [0.25, 0.3) is 22.4 Å². The van der Waals surface area contributed by atoms with Crippen molar-refractivity contribution in [3.8, 4) is 11.3 Å². The number of amides is 1. The van der Waals surface area contributed by atoms with E-state index in [-0.39, 0.29) is 28.6 Å². The number of nitrogens with one attached hydrogen (secondary N) is 2. The van der Waals surface area contributed by atoms with Crippen LogP contribution in [0, 0.1) is 0 Å². The number of sulfonamides is 1. The van der Waals surface area contributed by atoms with Crippen molar-refractivity contribution in [2.45, 2.75) is 0 Å². The topological polar surface area (TPSA) is 182 Å². The van der Waals surface area contributed by atoms with Gasteiger partial charge in [-0.1, -0.05) is 30.3 Å². The van der Waals surface area contributed by atoms with Crippen molar-refractivity contribution in [3.63, 3.8) is 0 Å². The summed E-state index contributed by atoms with van der Waals surface area (Å²) in [6.07, 6.45) is 0.850. The van der Waals surface area contributed by atoms with Gasteiger partial charge in [-0.3, -0.25) is 4.79 Å². The van der Waals surface area contributed by atoms with E-state index in [1.807, 2.05) is 27.8 Å². The molecule has 3 aromatic heterocycles. The maximum absolute atomic E-state index is 13.1. The van der Waals surface area contributed by atoms with Gasteiger partial charge >= 0.3 is 16.1 Å². The monoisotopic (exact) mass is 590 g/mol. The number of anilines is 3. The van der Waals surface area contributed by atoms with Crippen molar-refractivity contribution in [1.82, 2.24) is 28.2 Å². The number of carbonyl (C=O) groups excluding carboxylic acids is 1. The Bertz CT molecular complexity index is 1780. The van der Waals surface area contributed by atoms with E-state index >= 15 is 0 Å². The molecule has 15 nitrogen and oxygen atoms in total. The lowest BCUT2D eigenvalue weighted by atomic mass is 10.2. The quantitative estimate of drug-likeness (QED) is 0.298. The Balaban J connectivity index is 1.62. The van der Waals surface area contributed by atoms with Gasteiger partial charge in [-0.2, -0.15) is 22.8 Å².